The van der Waals surface area contributed by atoms with E-state index in [1.165, 1.54) is 18.6 Å². The number of nitrogens with two attached hydrogens (primary N) is 1. The summed E-state index contributed by atoms with van der Waals surface area (Å²) in [5.74, 6) is -0.298. The third-order valence-electron chi connectivity index (χ3n) is 4.48. The van der Waals surface area contributed by atoms with Crippen LogP contribution in [0, 0.1) is 24.5 Å². The van der Waals surface area contributed by atoms with E-state index in [0.29, 0.717) is 24.3 Å². The Morgan fingerprint density at radius 2 is 1.89 bits per heavy atom. The molecule has 1 aromatic rings. The van der Waals surface area contributed by atoms with Crippen LogP contribution in [0.1, 0.15) is 56.6 Å². The van der Waals surface area contributed by atoms with Gasteiger partial charge >= 0.3 is 0 Å². The minimum Gasteiger partial charge on any atom is -0.321 e. The van der Waals surface area contributed by atoms with Gasteiger partial charge in [-0.25, -0.2) is 8.78 Å². The molecule has 1 aliphatic rings. The van der Waals surface area contributed by atoms with E-state index >= 15 is 0 Å². The molecule has 0 saturated heterocycles. The summed E-state index contributed by atoms with van der Waals surface area (Å²) in [6, 6.07) is 2.81. The van der Waals surface area contributed by atoms with Crippen LogP contribution >= 0.6 is 0 Å². The number of aryl methyl sites for hydroxylation is 1. The van der Waals surface area contributed by atoms with Crippen LogP contribution in [-0.4, -0.2) is 0 Å². The number of hydrogen-bond donors (Lipinski definition) is 1. The molecule has 3 heteroatoms. The molecule has 1 nitrogen and oxygen atoms in total. The van der Waals surface area contributed by atoms with E-state index < -0.39 is 17.2 Å². The average Bonchev–Trinajstić information content (AvgIpc) is 2.38. The Morgan fingerprint density at radius 1 is 1.26 bits per heavy atom. The summed E-state index contributed by atoms with van der Waals surface area (Å²) in [6.07, 6.45) is 5.64. The van der Waals surface area contributed by atoms with Crippen LogP contribution in [0.5, 0.6) is 0 Å². The van der Waals surface area contributed by atoms with Crippen molar-refractivity contribution in [3.8, 4) is 0 Å². The lowest BCUT2D eigenvalue weighted by molar-refractivity contribution is 0.216. The molecule has 1 saturated carbocycles. The first kappa shape index (κ1) is 14.4. The summed E-state index contributed by atoms with van der Waals surface area (Å²) in [6.45, 7) is 3.83. The van der Waals surface area contributed by atoms with E-state index in [0.717, 1.165) is 19.3 Å². The van der Waals surface area contributed by atoms with Gasteiger partial charge < -0.3 is 5.73 Å². The highest BCUT2D eigenvalue weighted by molar-refractivity contribution is 5.33. The summed E-state index contributed by atoms with van der Waals surface area (Å²) in [7, 11) is 0. The maximum absolute atomic E-state index is 14.2. The van der Waals surface area contributed by atoms with Crippen LogP contribution < -0.4 is 5.73 Å². The quantitative estimate of drug-likeness (QED) is 0.862. The molecule has 19 heavy (non-hydrogen) atoms. The summed E-state index contributed by atoms with van der Waals surface area (Å²) >= 11 is 0. The minimum atomic E-state index is -0.829. The SMILES string of the molecule is CCCC1CCC(N)(c2c(F)ccc(C)c2F)CC1. The van der Waals surface area contributed by atoms with Gasteiger partial charge in [-0.05, 0) is 50.2 Å². The normalized spacial score (nSPS) is 27.5. The van der Waals surface area contributed by atoms with Crippen molar-refractivity contribution in [2.24, 2.45) is 11.7 Å². The second-order valence-corrected chi connectivity index (χ2v) is 5.94. The Balaban J connectivity index is 2.25. The Labute approximate surface area is 114 Å². The first-order chi connectivity index (χ1) is 8.98. The van der Waals surface area contributed by atoms with Gasteiger partial charge in [-0.1, -0.05) is 25.8 Å². The van der Waals surface area contributed by atoms with Gasteiger partial charge in [0.1, 0.15) is 11.6 Å². The van der Waals surface area contributed by atoms with E-state index in [1.54, 1.807) is 6.92 Å². The second-order valence-electron chi connectivity index (χ2n) is 5.94. The van der Waals surface area contributed by atoms with Gasteiger partial charge in [0.2, 0.25) is 0 Å². The van der Waals surface area contributed by atoms with Crippen LogP contribution in [0.4, 0.5) is 8.78 Å². The highest BCUT2D eigenvalue weighted by atomic mass is 19.1. The molecular formula is C16H23F2N. The van der Waals surface area contributed by atoms with Crippen LogP contribution in [0.25, 0.3) is 0 Å². The highest BCUT2D eigenvalue weighted by Gasteiger charge is 2.37. The predicted molar refractivity (Wildman–Crippen MR) is 73.8 cm³/mol. The lowest BCUT2D eigenvalue weighted by Gasteiger charge is -2.38. The number of hydrogen-bond acceptors (Lipinski definition) is 1. The molecule has 1 aliphatic carbocycles. The fourth-order valence-electron chi connectivity index (χ4n) is 3.25. The molecule has 0 aliphatic heterocycles. The molecule has 0 unspecified atom stereocenters. The zero-order valence-corrected chi connectivity index (χ0v) is 11.8. The van der Waals surface area contributed by atoms with Crippen molar-refractivity contribution in [3.63, 3.8) is 0 Å². The average molecular weight is 267 g/mol. The molecule has 2 rings (SSSR count). The highest BCUT2D eigenvalue weighted by Crippen LogP contribution is 2.41. The van der Waals surface area contributed by atoms with E-state index in [9.17, 15) is 8.78 Å². The molecule has 0 heterocycles. The van der Waals surface area contributed by atoms with Gasteiger partial charge in [0.05, 0.1) is 0 Å². The van der Waals surface area contributed by atoms with Crippen molar-refractivity contribution in [2.75, 3.05) is 0 Å². The Bertz CT molecular complexity index is 448. The number of rotatable bonds is 3. The lowest BCUT2D eigenvalue weighted by atomic mass is 9.72. The number of benzene rings is 1. The van der Waals surface area contributed by atoms with Crippen molar-refractivity contribution in [3.05, 3.63) is 34.9 Å². The molecule has 0 spiro atoms. The van der Waals surface area contributed by atoms with Crippen molar-refractivity contribution in [1.82, 2.24) is 0 Å². The first-order valence-corrected chi connectivity index (χ1v) is 7.22. The van der Waals surface area contributed by atoms with Crippen LogP contribution in [0.3, 0.4) is 0 Å². The van der Waals surface area contributed by atoms with Crippen molar-refractivity contribution < 1.29 is 8.78 Å². The van der Waals surface area contributed by atoms with Crippen LogP contribution in [0.2, 0.25) is 0 Å². The van der Waals surface area contributed by atoms with Gasteiger partial charge in [0, 0.05) is 11.1 Å². The minimum absolute atomic E-state index is 0.0995. The summed E-state index contributed by atoms with van der Waals surface area (Å²) in [5, 5.41) is 0. The van der Waals surface area contributed by atoms with Gasteiger partial charge in [0.25, 0.3) is 0 Å². The molecule has 0 atom stereocenters. The topological polar surface area (TPSA) is 26.0 Å². The summed E-state index contributed by atoms with van der Waals surface area (Å²) < 4.78 is 28.2. The van der Waals surface area contributed by atoms with Crippen molar-refractivity contribution in [1.29, 1.82) is 0 Å². The van der Waals surface area contributed by atoms with Crippen molar-refractivity contribution >= 4 is 0 Å². The first-order valence-electron chi connectivity index (χ1n) is 7.22. The molecule has 1 fully saturated rings. The van der Waals surface area contributed by atoms with Gasteiger partial charge in [0.15, 0.2) is 0 Å². The molecule has 106 valence electrons. The maximum atomic E-state index is 14.2. The lowest BCUT2D eigenvalue weighted by Crippen LogP contribution is -2.42. The Kier molecular flexibility index (Phi) is 4.24. The molecule has 0 amide bonds. The van der Waals surface area contributed by atoms with E-state index in [4.69, 9.17) is 5.73 Å². The van der Waals surface area contributed by atoms with Crippen LogP contribution in [-0.2, 0) is 5.54 Å². The smallest absolute Gasteiger partial charge is 0.134 e. The molecule has 0 bridgehead atoms. The van der Waals surface area contributed by atoms with Gasteiger partial charge in [-0.15, -0.1) is 0 Å². The van der Waals surface area contributed by atoms with E-state index in [-0.39, 0.29) is 5.56 Å². The monoisotopic (exact) mass is 267 g/mol. The zero-order valence-electron chi connectivity index (χ0n) is 11.8. The largest absolute Gasteiger partial charge is 0.321 e. The molecule has 1 aromatic carbocycles. The molecule has 0 aromatic heterocycles. The summed E-state index contributed by atoms with van der Waals surface area (Å²) in [5.41, 5.74) is 6.07. The third kappa shape index (κ3) is 2.81. The fraction of sp³-hybridized carbons (Fsp3) is 0.625. The molecular weight excluding hydrogens is 244 g/mol. The maximum Gasteiger partial charge on any atom is 0.134 e. The Hall–Kier alpha value is -0.960. The predicted octanol–water partition coefficient (Wildman–Crippen LogP) is 4.42. The standard InChI is InChI=1S/C16H23F2N/c1-3-4-12-7-9-16(19,10-8-12)14-13(17)6-5-11(2)15(14)18/h5-6,12H,3-4,7-10,19H2,1-2H3. The summed E-state index contributed by atoms with van der Waals surface area (Å²) in [4.78, 5) is 0. The van der Waals surface area contributed by atoms with Gasteiger partial charge in [-0.3, -0.25) is 0 Å². The number of halogens is 2. The van der Waals surface area contributed by atoms with Crippen molar-refractivity contribution in [2.45, 2.75) is 57.9 Å². The third-order valence-corrected chi connectivity index (χ3v) is 4.48. The fourth-order valence-corrected chi connectivity index (χ4v) is 3.25. The molecule has 0 radical (unpaired) electrons. The van der Waals surface area contributed by atoms with E-state index in [1.807, 2.05) is 0 Å². The van der Waals surface area contributed by atoms with Crippen LogP contribution in [0.15, 0.2) is 12.1 Å². The second kappa shape index (κ2) is 5.58. The molecule has 2 N–H and O–H groups in total. The zero-order chi connectivity index (χ0) is 14.0. The Morgan fingerprint density at radius 3 is 2.47 bits per heavy atom. The van der Waals surface area contributed by atoms with Gasteiger partial charge in [-0.2, -0.15) is 0 Å². The van der Waals surface area contributed by atoms with E-state index in [2.05, 4.69) is 6.92 Å².